The first kappa shape index (κ1) is 13.1. The van der Waals surface area contributed by atoms with Crippen molar-refractivity contribution in [3.63, 3.8) is 0 Å². The highest BCUT2D eigenvalue weighted by molar-refractivity contribution is 6.34. The molecule has 0 N–H and O–H groups in total. The molecule has 5 heteroatoms. The molecule has 0 saturated heterocycles. The Morgan fingerprint density at radius 1 is 1.06 bits per heavy atom. The van der Waals surface area contributed by atoms with Crippen LogP contribution in [0.2, 0.25) is 10.3 Å². The van der Waals surface area contributed by atoms with Gasteiger partial charge in [0.2, 0.25) is 0 Å². The Morgan fingerprint density at radius 2 is 1.59 bits per heavy atom. The van der Waals surface area contributed by atoms with Gasteiger partial charge in [-0.25, -0.2) is 9.97 Å². The average Bonchev–Trinajstić information content (AvgIpc) is 2.36. The number of methoxy groups -OCH3 is 1. The molecule has 94 valence electrons. The number of nitrogens with zero attached hydrogens (tertiary/aromatic N) is 2. The molecular formula is C12H16Cl2N2O. The van der Waals surface area contributed by atoms with Crippen molar-refractivity contribution < 1.29 is 4.74 Å². The molecule has 0 aromatic carbocycles. The number of halogens is 2. The van der Waals surface area contributed by atoms with Gasteiger partial charge in [0, 0.05) is 12.7 Å². The first-order chi connectivity index (χ1) is 8.09. The van der Waals surface area contributed by atoms with Crippen LogP contribution in [0.4, 0.5) is 0 Å². The molecule has 2 rings (SSSR count). The first-order valence-electron chi connectivity index (χ1n) is 5.84. The summed E-state index contributed by atoms with van der Waals surface area (Å²) in [6.07, 6.45) is 5.34. The molecule has 0 amide bonds. The molecule has 0 atom stereocenters. The maximum Gasteiger partial charge on any atom is 0.163 e. The number of rotatable bonds is 2. The summed E-state index contributed by atoms with van der Waals surface area (Å²) in [5.41, 5.74) is 0.318. The monoisotopic (exact) mass is 274 g/mol. The molecule has 0 radical (unpaired) electrons. The fourth-order valence-electron chi connectivity index (χ4n) is 2.31. The van der Waals surface area contributed by atoms with Crippen molar-refractivity contribution in [1.82, 2.24) is 9.97 Å². The smallest absolute Gasteiger partial charge is 0.163 e. The third kappa shape index (κ3) is 2.42. The molecule has 1 aliphatic carbocycles. The minimum absolute atomic E-state index is 0.404. The fraction of sp³-hybridized carbons (Fsp3) is 0.667. The number of aromatic nitrogens is 2. The van der Waals surface area contributed by atoms with Gasteiger partial charge in [0.25, 0.3) is 0 Å². The molecule has 1 heterocycles. The standard InChI is InChI=1S/C12H16Cl2N2O/c1-8-9(13)15-11(16-10(8)14)12(17-2)6-4-3-5-7-12/h3-7H2,1-2H3. The summed E-state index contributed by atoms with van der Waals surface area (Å²) >= 11 is 12.1. The molecular weight excluding hydrogens is 259 g/mol. The maximum absolute atomic E-state index is 6.07. The van der Waals surface area contributed by atoms with Gasteiger partial charge in [-0.3, -0.25) is 0 Å². The third-order valence-corrected chi connectivity index (χ3v) is 4.22. The maximum atomic E-state index is 6.07. The van der Waals surface area contributed by atoms with E-state index < -0.39 is 5.60 Å². The zero-order chi connectivity index (χ0) is 12.5. The minimum Gasteiger partial charge on any atom is -0.370 e. The van der Waals surface area contributed by atoms with Crippen LogP contribution < -0.4 is 0 Å². The minimum atomic E-state index is -0.404. The fourth-order valence-corrected chi connectivity index (χ4v) is 2.70. The van der Waals surface area contributed by atoms with Crippen LogP contribution in [0, 0.1) is 6.92 Å². The molecule has 1 aromatic heterocycles. The zero-order valence-corrected chi connectivity index (χ0v) is 11.6. The molecule has 0 unspecified atom stereocenters. The number of ether oxygens (including phenoxy) is 1. The Balaban J connectivity index is 2.43. The molecule has 1 saturated carbocycles. The van der Waals surface area contributed by atoms with Gasteiger partial charge in [0.1, 0.15) is 15.9 Å². The Kier molecular flexibility index (Phi) is 3.91. The Labute approximate surface area is 112 Å². The van der Waals surface area contributed by atoms with Crippen molar-refractivity contribution in [3.05, 3.63) is 21.7 Å². The largest absolute Gasteiger partial charge is 0.370 e. The van der Waals surface area contributed by atoms with E-state index in [1.807, 2.05) is 6.92 Å². The van der Waals surface area contributed by atoms with Crippen LogP contribution in [0.15, 0.2) is 0 Å². The lowest BCUT2D eigenvalue weighted by Gasteiger charge is -2.34. The SMILES string of the molecule is COC1(c2nc(Cl)c(C)c(Cl)n2)CCCCC1. The van der Waals surface area contributed by atoms with Crippen LogP contribution in [-0.2, 0) is 10.3 Å². The predicted molar refractivity (Wildman–Crippen MR) is 68.6 cm³/mol. The van der Waals surface area contributed by atoms with E-state index in [0.717, 1.165) is 31.2 Å². The summed E-state index contributed by atoms with van der Waals surface area (Å²) < 4.78 is 5.67. The van der Waals surface area contributed by atoms with Gasteiger partial charge in [-0.1, -0.05) is 42.5 Å². The van der Waals surface area contributed by atoms with Crippen LogP contribution in [0.1, 0.15) is 43.5 Å². The van der Waals surface area contributed by atoms with E-state index in [9.17, 15) is 0 Å². The lowest BCUT2D eigenvalue weighted by Crippen LogP contribution is -2.33. The van der Waals surface area contributed by atoms with E-state index in [2.05, 4.69) is 9.97 Å². The van der Waals surface area contributed by atoms with Crippen LogP contribution in [0.3, 0.4) is 0 Å². The molecule has 3 nitrogen and oxygen atoms in total. The van der Waals surface area contributed by atoms with E-state index in [4.69, 9.17) is 27.9 Å². The molecule has 0 aliphatic heterocycles. The van der Waals surface area contributed by atoms with Gasteiger partial charge in [-0.05, 0) is 19.8 Å². The van der Waals surface area contributed by atoms with Crippen molar-refractivity contribution in [3.8, 4) is 0 Å². The Bertz CT molecular complexity index is 394. The Morgan fingerprint density at radius 3 is 2.06 bits per heavy atom. The van der Waals surface area contributed by atoms with Gasteiger partial charge < -0.3 is 4.74 Å². The summed E-state index contributed by atoms with van der Waals surface area (Å²) in [5, 5.41) is 0.837. The lowest BCUT2D eigenvalue weighted by atomic mass is 9.84. The topological polar surface area (TPSA) is 35.0 Å². The second-order valence-electron chi connectivity index (χ2n) is 4.51. The van der Waals surface area contributed by atoms with E-state index in [1.54, 1.807) is 7.11 Å². The summed E-state index contributed by atoms with van der Waals surface area (Å²) in [7, 11) is 1.70. The molecule has 1 fully saturated rings. The lowest BCUT2D eigenvalue weighted by molar-refractivity contribution is -0.0515. The van der Waals surface area contributed by atoms with Crippen molar-refractivity contribution >= 4 is 23.2 Å². The van der Waals surface area contributed by atoms with Crippen molar-refractivity contribution in [2.24, 2.45) is 0 Å². The summed E-state index contributed by atoms with van der Waals surface area (Å²) in [6.45, 7) is 1.81. The quantitative estimate of drug-likeness (QED) is 0.768. The van der Waals surface area contributed by atoms with Gasteiger partial charge >= 0.3 is 0 Å². The third-order valence-electron chi connectivity index (χ3n) is 3.49. The summed E-state index contributed by atoms with van der Waals surface area (Å²) in [5.74, 6) is 0.625. The Hall–Kier alpha value is -0.380. The predicted octanol–water partition coefficient (Wildman–Crippen LogP) is 3.90. The molecule has 0 bridgehead atoms. The van der Waals surface area contributed by atoms with Gasteiger partial charge in [-0.2, -0.15) is 0 Å². The first-order valence-corrected chi connectivity index (χ1v) is 6.60. The van der Waals surface area contributed by atoms with E-state index in [1.165, 1.54) is 6.42 Å². The van der Waals surface area contributed by atoms with Crippen LogP contribution in [-0.4, -0.2) is 17.1 Å². The van der Waals surface area contributed by atoms with E-state index in [0.29, 0.717) is 16.1 Å². The highest BCUT2D eigenvalue weighted by Crippen LogP contribution is 2.39. The highest BCUT2D eigenvalue weighted by Gasteiger charge is 2.37. The highest BCUT2D eigenvalue weighted by atomic mass is 35.5. The van der Waals surface area contributed by atoms with Gasteiger partial charge in [0.05, 0.1) is 0 Å². The molecule has 1 aromatic rings. The van der Waals surface area contributed by atoms with Crippen molar-refractivity contribution in [2.45, 2.75) is 44.6 Å². The number of hydrogen-bond acceptors (Lipinski definition) is 3. The van der Waals surface area contributed by atoms with E-state index in [-0.39, 0.29) is 0 Å². The second-order valence-corrected chi connectivity index (χ2v) is 5.23. The molecule has 1 aliphatic rings. The van der Waals surface area contributed by atoms with Crippen LogP contribution in [0.25, 0.3) is 0 Å². The molecule has 0 spiro atoms. The number of hydrogen-bond donors (Lipinski definition) is 0. The normalized spacial score (nSPS) is 19.3. The van der Waals surface area contributed by atoms with Gasteiger partial charge in [-0.15, -0.1) is 0 Å². The summed E-state index contributed by atoms with van der Waals surface area (Å²) in [4.78, 5) is 8.69. The molecule has 17 heavy (non-hydrogen) atoms. The van der Waals surface area contributed by atoms with Crippen molar-refractivity contribution in [2.75, 3.05) is 7.11 Å². The average molecular weight is 275 g/mol. The van der Waals surface area contributed by atoms with Crippen molar-refractivity contribution in [1.29, 1.82) is 0 Å². The van der Waals surface area contributed by atoms with E-state index >= 15 is 0 Å². The van der Waals surface area contributed by atoms with Crippen LogP contribution >= 0.6 is 23.2 Å². The zero-order valence-electron chi connectivity index (χ0n) is 10.1. The summed E-state index contributed by atoms with van der Waals surface area (Å²) in [6, 6.07) is 0. The van der Waals surface area contributed by atoms with Crippen LogP contribution in [0.5, 0.6) is 0 Å². The van der Waals surface area contributed by atoms with Gasteiger partial charge in [0.15, 0.2) is 5.82 Å². The second kappa shape index (κ2) is 5.09.